The highest BCUT2D eigenvalue weighted by Gasteiger charge is 2.17. The van der Waals surface area contributed by atoms with Gasteiger partial charge in [-0.25, -0.2) is 9.07 Å². The van der Waals surface area contributed by atoms with Crippen LogP contribution in [-0.2, 0) is 13.0 Å². The Labute approximate surface area is 97.1 Å². The number of hydrogen-bond acceptors (Lipinski definition) is 2. The van der Waals surface area contributed by atoms with E-state index in [1.807, 2.05) is 0 Å². The Morgan fingerprint density at radius 2 is 2.24 bits per heavy atom. The number of aromatic nitrogens is 2. The molecule has 0 saturated heterocycles. The minimum absolute atomic E-state index is 0.0768. The van der Waals surface area contributed by atoms with Crippen LogP contribution in [-0.4, -0.2) is 16.3 Å². The molecule has 0 fully saturated rings. The molecule has 1 aliphatic rings. The molecular weight excluding hydrogens is 221 g/mol. The summed E-state index contributed by atoms with van der Waals surface area (Å²) in [4.78, 5) is 12.1. The minimum Gasteiger partial charge on any atom is -0.311 e. The fourth-order valence-electron chi connectivity index (χ4n) is 2.15. The lowest BCUT2D eigenvalue weighted by Crippen LogP contribution is -2.26. The van der Waals surface area contributed by atoms with Crippen LogP contribution in [0, 0.1) is 5.82 Å². The van der Waals surface area contributed by atoms with Crippen molar-refractivity contribution in [2.75, 3.05) is 6.54 Å². The number of rotatable bonds is 1. The zero-order valence-electron chi connectivity index (χ0n) is 9.16. The molecule has 1 aromatic carbocycles. The topological polar surface area (TPSA) is 49.8 Å². The summed E-state index contributed by atoms with van der Waals surface area (Å²) in [6, 6.07) is 6.00. The van der Waals surface area contributed by atoms with Crippen molar-refractivity contribution in [2.45, 2.75) is 13.0 Å². The first-order valence-electron chi connectivity index (χ1n) is 5.55. The lowest BCUT2D eigenvalue weighted by Gasteiger charge is -2.09. The zero-order valence-corrected chi connectivity index (χ0v) is 9.16. The van der Waals surface area contributed by atoms with E-state index >= 15 is 0 Å². The zero-order chi connectivity index (χ0) is 11.8. The summed E-state index contributed by atoms with van der Waals surface area (Å²) in [6.07, 6.45) is 0.715. The van der Waals surface area contributed by atoms with Crippen molar-refractivity contribution in [1.29, 1.82) is 0 Å². The highest BCUT2D eigenvalue weighted by atomic mass is 19.1. The second-order valence-electron chi connectivity index (χ2n) is 4.12. The molecule has 0 atom stereocenters. The van der Waals surface area contributed by atoms with Crippen LogP contribution in [0.2, 0.25) is 0 Å². The van der Waals surface area contributed by atoms with Gasteiger partial charge in [0, 0.05) is 12.1 Å². The van der Waals surface area contributed by atoms with Crippen molar-refractivity contribution in [1.82, 2.24) is 15.1 Å². The summed E-state index contributed by atoms with van der Waals surface area (Å²) in [5.41, 5.74) is 2.15. The van der Waals surface area contributed by atoms with Crippen molar-refractivity contribution < 1.29 is 4.39 Å². The second-order valence-corrected chi connectivity index (χ2v) is 4.12. The molecule has 2 heterocycles. The van der Waals surface area contributed by atoms with Crippen LogP contribution in [0.25, 0.3) is 5.69 Å². The largest absolute Gasteiger partial charge is 0.311 e. The Bertz CT molecular complexity index is 614. The molecule has 0 unspecified atom stereocenters. The molecule has 4 nitrogen and oxygen atoms in total. The summed E-state index contributed by atoms with van der Waals surface area (Å²) in [5.74, 6) is -0.347. The van der Waals surface area contributed by atoms with Crippen molar-refractivity contribution in [3.63, 3.8) is 0 Å². The maximum Gasteiger partial charge on any atom is 0.274 e. The van der Waals surface area contributed by atoms with E-state index in [1.165, 1.54) is 16.8 Å². The van der Waals surface area contributed by atoms with E-state index in [-0.39, 0.29) is 11.4 Å². The monoisotopic (exact) mass is 233 g/mol. The summed E-state index contributed by atoms with van der Waals surface area (Å²) in [7, 11) is 0. The van der Waals surface area contributed by atoms with Gasteiger partial charge >= 0.3 is 0 Å². The van der Waals surface area contributed by atoms with Crippen LogP contribution in [0.1, 0.15) is 11.3 Å². The Hall–Kier alpha value is -1.88. The van der Waals surface area contributed by atoms with Gasteiger partial charge in [-0.1, -0.05) is 6.07 Å². The molecule has 5 heteroatoms. The highest BCUT2D eigenvalue weighted by molar-refractivity contribution is 5.34. The summed E-state index contributed by atoms with van der Waals surface area (Å²) in [6.45, 7) is 1.47. The summed E-state index contributed by atoms with van der Waals surface area (Å²) in [5, 5.41) is 6.21. The van der Waals surface area contributed by atoms with Crippen molar-refractivity contribution in [2.24, 2.45) is 0 Å². The van der Waals surface area contributed by atoms with E-state index in [9.17, 15) is 9.18 Å². The molecule has 1 aliphatic heterocycles. The lowest BCUT2D eigenvalue weighted by atomic mass is 10.1. The van der Waals surface area contributed by atoms with Gasteiger partial charge in [-0.3, -0.25) is 9.89 Å². The molecule has 17 heavy (non-hydrogen) atoms. The number of benzene rings is 1. The van der Waals surface area contributed by atoms with E-state index in [4.69, 9.17) is 0 Å². The number of halogens is 1. The van der Waals surface area contributed by atoms with Crippen LogP contribution >= 0.6 is 0 Å². The van der Waals surface area contributed by atoms with Crippen LogP contribution in [0.4, 0.5) is 4.39 Å². The number of nitrogens with zero attached hydrogens (tertiary/aromatic N) is 1. The third-order valence-corrected chi connectivity index (χ3v) is 2.99. The SMILES string of the molecule is O=c1c2c([nH]n1-c1cccc(F)c1)CNCC2. The van der Waals surface area contributed by atoms with Gasteiger partial charge < -0.3 is 5.32 Å². The maximum absolute atomic E-state index is 13.1. The smallest absolute Gasteiger partial charge is 0.274 e. The Morgan fingerprint density at radius 3 is 3.00 bits per heavy atom. The molecule has 0 aliphatic carbocycles. The average Bonchev–Trinajstić information content (AvgIpc) is 2.68. The molecule has 0 amide bonds. The van der Waals surface area contributed by atoms with Crippen LogP contribution in [0.5, 0.6) is 0 Å². The van der Waals surface area contributed by atoms with Crippen molar-refractivity contribution in [3.8, 4) is 5.69 Å². The molecule has 88 valence electrons. The van der Waals surface area contributed by atoms with Gasteiger partial charge in [0.25, 0.3) is 5.56 Å². The first kappa shape index (κ1) is 10.3. The van der Waals surface area contributed by atoms with E-state index in [2.05, 4.69) is 10.4 Å². The molecule has 1 aromatic heterocycles. The molecule has 3 rings (SSSR count). The quantitative estimate of drug-likeness (QED) is 0.770. The molecule has 0 radical (unpaired) electrons. The first-order valence-corrected chi connectivity index (χ1v) is 5.55. The number of nitrogens with one attached hydrogen (secondary N) is 2. The molecule has 0 spiro atoms. The van der Waals surface area contributed by atoms with Crippen LogP contribution in [0.15, 0.2) is 29.1 Å². The predicted molar refractivity (Wildman–Crippen MR) is 61.8 cm³/mol. The maximum atomic E-state index is 13.1. The fourth-order valence-corrected chi connectivity index (χ4v) is 2.15. The molecule has 2 N–H and O–H groups in total. The normalized spacial score (nSPS) is 14.6. The number of hydrogen-bond donors (Lipinski definition) is 2. The Balaban J connectivity index is 2.16. The second kappa shape index (κ2) is 3.85. The lowest BCUT2D eigenvalue weighted by molar-refractivity contribution is 0.622. The molecule has 0 saturated carbocycles. The number of H-pyrrole nitrogens is 1. The van der Waals surface area contributed by atoms with Gasteiger partial charge in [0.1, 0.15) is 5.82 Å². The summed E-state index contributed by atoms with van der Waals surface area (Å²) < 4.78 is 14.5. The van der Waals surface area contributed by atoms with Crippen molar-refractivity contribution in [3.05, 3.63) is 51.7 Å². The Morgan fingerprint density at radius 1 is 1.35 bits per heavy atom. The van der Waals surface area contributed by atoms with Gasteiger partial charge in [0.15, 0.2) is 0 Å². The molecular formula is C12H12FN3O. The van der Waals surface area contributed by atoms with Crippen LogP contribution < -0.4 is 10.9 Å². The summed E-state index contributed by atoms with van der Waals surface area (Å²) >= 11 is 0. The minimum atomic E-state index is -0.347. The van der Waals surface area contributed by atoms with E-state index < -0.39 is 0 Å². The fraction of sp³-hybridized carbons (Fsp3) is 0.250. The van der Waals surface area contributed by atoms with Crippen LogP contribution in [0.3, 0.4) is 0 Å². The van der Waals surface area contributed by atoms with Gasteiger partial charge in [-0.2, -0.15) is 0 Å². The highest BCUT2D eigenvalue weighted by Crippen LogP contribution is 2.11. The number of fused-ring (bicyclic) bond motifs is 1. The van der Waals surface area contributed by atoms with Gasteiger partial charge in [0.2, 0.25) is 0 Å². The van der Waals surface area contributed by atoms with E-state index in [0.717, 1.165) is 17.8 Å². The van der Waals surface area contributed by atoms with E-state index in [1.54, 1.807) is 12.1 Å². The Kier molecular flexibility index (Phi) is 2.33. The third-order valence-electron chi connectivity index (χ3n) is 2.99. The number of aromatic amines is 1. The average molecular weight is 233 g/mol. The third kappa shape index (κ3) is 1.68. The standard InChI is InChI=1S/C12H12FN3O/c13-8-2-1-3-9(6-8)16-12(17)10-4-5-14-7-11(10)15-16/h1-3,6,14-15H,4-5,7H2. The first-order chi connectivity index (χ1) is 8.25. The van der Waals surface area contributed by atoms with Gasteiger partial charge in [-0.15, -0.1) is 0 Å². The predicted octanol–water partition coefficient (Wildman–Crippen LogP) is 0.950. The van der Waals surface area contributed by atoms with E-state index in [0.29, 0.717) is 18.7 Å². The van der Waals surface area contributed by atoms with Crippen molar-refractivity contribution >= 4 is 0 Å². The van der Waals surface area contributed by atoms with Gasteiger partial charge in [-0.05, 0) is 31.2 Å². The molecule has 2 aromatic rings. The van der Waals surface area contributed by atoms with Gasteiger partial charge in [0.05, 0.1) is 11.4 Å². The molecule has 0 bridgehead atoms.